The van der Waals surface area contributed by atoms with Crippen molar-refractivity contribution in [1.29, 1.82) is 0 Å². The number of nitrogens with one attached hydrogen (secondary N) is 1. The minimum atomic E-state index is -0.514. The van der Waals surface area contributed by atoms with Crippen LogP contribution in [0.3, 0.4) is 0 Å². The van der Waals surface area contributed by atoms with Gasteiger partial charge < -0.3 is 15.1 Å². The summed E-state index contributed by atoms with van der Waals surface area (Å²) in [7, 11) is 0. The Bertz CT molecular complexity index is 1180. The number of halogens is 1. The zero-order valence-electron chi connectivity index (χ0n) is 19.6. The van der Waals surface area contributed by atoms with Crippen LogP contribution in [0.2, 0.25) is 0 Å². The van der Waals surface area contributed by atoms with Crippen molar-refractivity contribution >= 4 is 28.9 Å². The lowest BCUT2D eigenvalue weighted by Gasteiger charge is -2.36. The molecule has 180 valence electrons. The molecule has 0 aliphatic carbocycles. The van der Waals surface area contributed by atoms with E-state index in [2.05, 4.69) is 39.4 Å². The van der Waals surface area contributed by atoms with E-state index in [1.807, 2.05) is 30.3 Å². The molecule has 6 nitrogen and oxygen atoms in total. The first kappa shape index (κ1) is 23.1. The maximum atomic E-state index is 14.1. The number of hydrogen-bond donors (Lipinski definition) is 1. The molecule has 2 aliphatic heterocycles. The number of carbonyl (C=O) groups is 2. The highest BCUT2D eigenvalue weighted by Crippen LogP contribution is 2.28. The first-order chi connectivity index (χ1) is 17.1. The number of anilines is 3. The topological polar surface area (TPSA) is 55.9 Å². The van der Waals surface area contributed by atoms with E-state index < -0.39 is 11.7 Å². The molecule has 0 bridgehead atoms. The van der Waals surface area contributed by atoms with Gasteiger partial charge in [-0.05, 0) is 42.0 Å². The fourth-order valence-corrected chi connectivity index (χ4v) is 4.79. The molecule has 1 unspecified atom stereocenters. The van der Waals surface area contributed by atoms with E-state index in [1.165, 1.54) is 16.5 Å². The summed E-state index contributed by atoms with van der Waals surface area (Å²) in [6, 6.07) is 24.5. The number of para-hydroxylation sites is 1. The summed E-state index contributed by atoms with van der Waals surface area (Å²) in [4.78, 5) is 31.4. The average Bonchev–Trinajstić information content (AvgIpc) is 3.27. The highest BCUT2D eigenvalue weighted by molar-refractivity contribution is 6.03. The third-order valence-electron chi connectivity index (χ3n) is 6.76. The van der Waals surface area contributed by atoms with Crippen LogP contribution >= 0.6 is 0 Å². The Morgan fingerprint density at radius 1 is 0.886 bits per heavy atom. The quantitative estimate of drug-likeness (QED) is 0.586. The summed E-state index contributed by atoms with van der Waals surface area (Å²) in [6.45, 7) is 5.06. The average molecular weight is 473 g/mol. The van der Waals surface area contributed by atoms with Crippen molar-refractivity contribution in [2.24, 2.45) is 5.92 Å². The minimum Gasteiger partial charge on any atom is -0.369 e. The van der Waals surface area contributed by atoms with Crippen molar-refractivity contribution in [2.45, 2.75) is 13.0 Å². The summed E-state index contributed by atoms with van der Waals surface area (Å²) >= 11 is 0. The third-order valence-corrected chi connectivity index (χ3v) is 6.76. The van der Waals surface area contributed by atoms with Crippen molar-refractivity contribution < 1.29 is 14.0 Å². The van der Waals surface area contributed by atoms with Crippen LogP contribution in [0.4, 0.5) is 21.5 Å². The highest BCUT2D eigenvalue weighted by atomic mass is 19.1. The molecule has 2 heterocycles. The van der Waals surface area contributed by atoms with Gasteiger partial charge in [0.15, 0.2) is 0 Å². The Morgan fingerprint density at radius 2 is 1.57 bits per heavy atom. The van der Waals surface area contributed by atoms with Crippen LogP contribution in [0.25, 0.3) is 0 Å². The molecule has 5 rings (SSSR count). The molecule has 0 saturated carbocycles. The van der Waals surface area contributed by atoms with Crippen LogP contribution in [-0.2, 0) is 16.1 Å². The maximum absolute atomic E-state index is 14.1. The van der Waals surface area contributed by atoms with Crippen molar-refractivity contribution in [2.75, 3.05) is 47.8 Å². The van der Waals surface area contributed by atoms with Crippen LogP contribution in [0, 0.1) is 11.7 Å². The molecular weight excluding hydrogens is 443 g/mol. The molecule has 0 aromatic heterocycles. The monoisotopic (exact) mass is 472 g/mol. The van der Waals surface area contributed by atoms with Gasteiger partial charge in [-0.15, -0.1) is 0 Å². The molecule has 35 heavy (non-hydrogen) atoms. The highest BCUT2D eigenvalue weighted by Gasteiger charge is 2.36. The van der Waals surface area contributed by atoms with Crippen LogP contribution < -0.4 is 15.1 Å². The van der Waals surface area contributed by atoms with Gasteiger partial charge in [-0.1, -0.05) is 42.5 Å². The van der Waals surface area contributed by atoms with Crippen molar-refractivity contribution in [3.8, 4) is 0 Å². The number of hydrogen-bond acceptors (Lipinski definition) is 4. The summed E-state index contributed by atoms with van der Waals surface area (Å²) in [6.07, 6.45) is 0.0749. The first-order valence-electron chi connectivity index (χ1n) is 12.0. The lowest BCUT2D eigenvalue weighted by molar-refractivity contribution is -0.122. The van der Waals surface area contributed by atoms with E-state index in [0.717, 1.165) is 38.4 Å². The SMILES string of the molecule is O=C(Nc1ccc(N2CCN(Cc3ccccc3)CC2)cc1)C1CC(=O)N(c2ccccc2F)C1. The fraction of sp³-hybridized carbons (Fsp3) is 0.286. The molecule has 1 atom stereocenters. The summed E-state index contributed by atoms with van der Waals surface area (Å²) in [5.74, 6) is -1.44. The number of rotatable bonds is 6. The van der Waals surface area contributed by atoms with Gasteiger partial charge in [-0.2, -0.15) is 0 Å². The number of carbonyl (C=O) groups excluding carboxylic acids is 2. The number of nitrogens with zero attached hydrogens (tertiary/aromatic N) is 3. The van der Waals surface area contributed by atoms with Gasteiger partial charge >= 0.3 is 0 Å². The second kappa shape index (κ2) is 10.3. The van der Waals surface area contributed by atoms with E-state index in [-0.39, 0.29) is 30.5 Å². The maximum Gasteiger partial charge on any atom is 0.229 e. The molecule has 0 radical (unpaired) electrons. The first-order valence-corrected chi connectivity index (χ1v) is 12.0. The molecule has 2 amide bonds. The summed E-state index contributed by atoms with van der Waals surface area (Å²) in [5, 5.41) is 2.92. The summed E-state index contributed by atoms with van der Waals surface area (Å²) in [5.41, 5.74) is 3.38. The number of benzene rings is 3. The van der Waals surface area contributed by atoms with Gasteiger partial charge in [-0.25, -0.2) is 4.39 Å². The predicted octanol–water partition coefficient (Wildman–Crippen LogP) is 4.14. The van der Waals surface area contributed by atoms with E-state index in [1.54, 1.807) is 18.2 Å². The number of amides is 2. The van der Waals surface area contributed by atoms with Crippen LogP contribution in [0.15, 0.2) is 78.9 Å². The molecule has 2 saturated heterocycles. The predicted molar refractivity (Wildman–Crippen MR) is 136 cm³/mol. The smallest absolute Gasteiger partial charge is 0.229 e. The fourth-order valence-electron chi connectivity index (χ4n) is 4.79. The molecule has 7 heteroatoms. The van der Waals surface area contributed by atoms with Crippen molar-refractivity contribution in [3.05, 3.63) is 90.2 Å². The van der Waals surface area contributed by atoms with Gasteiger partial charge in [0.1, 0.15) is 5.82 Å². The second-order valence-corrected chi connectivity index (χ2v) is 9.14. The Hall–Kier alpha value is -3.71. The normalized spacial score (nSPS) is 18.7. The second-order valence-electron chi connectivity index (χ2n) is 9.14. The van der Waals surface area contributed by atoms with Crippen LogP contribution in [-0.4, -0.2) is 49.4 Å². The van der Waals surface area contributed by atoms with E-state index >= 15 is 0 Å². The van der Waals surface area contributed by atoms with Gasteiger partial charge in [0, 0.05) is 57.1 Å². The summed E-state index contributed by atoms with van der Waals surface area (Å²) < 4.78 is 14.1. The van der Waals surface area contributed by atoms with Crippen molar-refractivity contribution in [3.63, 3.8) is 0 Å². The molecule has 0 spiro atoms. The lowest BCUT2D eigenvalue weighted by atomic mass is 10.1. The van der Waals surface area contributed by atoms with Crippen LogP contribution in [0.1, 0.15) is 12.0 Å². The molecule has 3 aromatic rings. The van der Waals surface area contributed by atoms with Gasteiger partial charge in [-0.3, -0.25) is 14.5 Å². The van der Waals surface area contributed by atoms with Gasteiger partial charge in [0.25, 0.3) is 0 Å². The Labute approximate surface area is 205 Å². The largest absolute Gasteiger partial charge is 0.369 e. The lowest BCUT2D eigenvalue weighted by Crippen LogP contribution is -2.45. The standard InChI is InChI=1S/C28H29FN4O2/c29-25-8-4-5-9-26(25)33-20-22(18-27(33)34)28(35)30-23-10-12-24(13-11-23)32-16-14-31(15-17-32)19-21-6-2-1-3-7-21/h1-13,22H,14-20H2,(H,30,35). The minimum absolute atomic E-state index is 0.0749. The van der Waals surface area contributed by atoms with E-state index in [9.17, 15) is 14.0 Å². The third kappa shape index (κ3) is 5.35. The zero-order chi connectivity index (χ0) is 24.2. The van der Waals surface area contributed by atoms with Gasteiger partial charge in [0.2, 0.25) is 11.8 Å². The van der Waals surface area contributed by atoms with Crippen LogP contribution in [0.5, 0.6) is 0 Å². The van der Waals surface area contributed by atoms with Crippen molar-refractivity contribution in [1.82, 2.24) is 4.90 Å². The molecule has 1 N–H and O–H groups in total. The zero-order valence-corrected chi connectivity index (χ0v) is 19.6. The molecule has 2 fully saturated rings. The Morgan fingerprint density at radius 3 is 2.29 bits per heavy atom. The Kier molecular flexibility index (Phi) is 6.77. The molecular formula is C28H29FN4O2. The van der Waals surface area contributed by atoms with Gasteiger partial charge in [0.05, 0.1) is 11.6 Å². The van der Waals surface area contributed by atoms with E-state index in [4.69, 9.17) is 0 Å². The Balaban J connectivity index is 1.13. The number of piperazine rings is 1. The molecule has 2 aliphatic rings. The molecule has 3 aromatic carbocycles. The van der Waals surface area contributed by atoms with E-state index in [0.29, 0.717) is 5.69 Å².